The number of carbonyl (C=O) groups excluding carboxylic acids is 1. The smallest absolute Gasteiger partial charge is 0.264 e. The summed E-state index contributed by atoms with van der Waals surface area (Å²) in [6, 6.07) is 14.0. The number of aliphatic imine (C=N–C) groups is 1. The van der Waals surface area contributed by atoms with Crippen molar-refractivity contribution in [3.8, 4) is 0 Å². The molecule has 0 bridgehead atoms. The standard InChI is InChI=1S/C18H15IN2OS/c1-11-6-5-9-15(12(11)2)20-18-21-17(22)16(23-18)10-13-7-3-4-8-14(13)19/h3-10H,1-2H3,(H,20,21,22)/b16-10-. The van der Waals surface area contributed by atoms with Gasteiger partial charge in [-0.3, -0.25) is 4.79 Å². The Morgan fingerprint density at radius 1 is 1.13 bits per heavy atom. The van der Waals surface area contributed by atoms with E-state index >= 15 is 0 Å². The molecule has 0 unspecified atom stereocenters. The van der Waals surface area contributed by atoms with Crippen molar-refractivity contribution in [2.45, 2.75) is 13.8 Å². The summed E-state index contributed by atoms with van der Waals surface area (Å²) in [5.74, 6) is -0.0984. The van der Waals surface area contributed by atoms with E-state index in [9.17, 15) is 4.79 Å². The number of thioether (sulfide) groups is 1. The van der Waals surface area contributed by atoms with Crippen LogP contribution in [-0.2, 0) is 4.79 Å². The van der Waals surface area contributed by atoms with Gasteiger partial charge in [-0.1, -0.05) is 30.3 Å². The van der Waals surface area contributed by atoms with Crippen LogP contribution in [-0.4, -0.2) is 11.1 Å². The largest absolute Gasteiger partial charge is 0.300 e. The molecule has 3 nitrogen and oxygen atoms in total. The normalized spacial score (nSPS) is 17.8. The molecule has 0 radical (unpaired) electrons. The molecule has 1 fully saturated rings. The number of benzene rings is 2. The highest BCUT2D eigenvalue weighted by Gasteiger charge is 2.24. The first kappa shape index (κ1) is 16.3. The third-order valence-electron chi connectivity index (χ3n) is 3.64. The average molecular weight is 434 g/mol. The van der Waals surface area contributed by atoms with Crippen LogP contribution < -0.4 is 5.32 Å². The molecule has 1 aliphatic heterocycles. The molecular weight excluding hydrogens is 419 g/mol. The Balaban J connectivity index is 1.89. The van der Waals surface area contributed by atoms with Crippen LogP contribution in [0.3, 0.4) is 0 Å². The molecule has 0 aromatic heterocycles. The number of nitrogens with zero attached hydrogens (tertiary/aromatic N) is 1. The molecule has 0 atom stereocenters. The van der Waals surface area contributed by atoms with Crippen molar-refractivity contribution in [2.75, 3.05) is 0 Å². The van der Waals surface area contributed by atoms with Gasteiger partial charge < -0.3 is 5.32 Å². The summed E-state index contributed by atoms with van der Waals surface area (Å²) in [7, 11) is 0. The van der Waals surface area contributed by atoms with E-state index in [4.69, 9.17) is 0 Å². The van der Waals surface area contributed by atoms with Crippen LogP contribution >= 0.6 is 34.4 Å². The average Bonchev–Trinajstić information content (AvgIpc) is 2.86. The highest BCUT2D eigenvalue weighted by molar-refractivity contribution is 14.1. The zero-order valence-electron chi connectivity index (χ0n) is 12.8. The molecule has 1 heterocycles. The van der Waals surface area contributed by atoms with Crippen molar-refractivity contribution in [1.29, 1.82) is 0 Å². The molecule has 0 saturated carbocycles. The fraction of sp³-hybridized carbons (Fsp3) is 0.111. The van der Waals surface area contributed by atoms with Crippen molar-refractivity contribution in [3.63, 3.8) is 0 Å². The Labute approximate surface area is 153 Å². The minimum atomic E-state index is -0.0984. The maximum atomic E-state index is 12.2. The topological polar surface area (TPSA) is 41.5 Å². The molecule has 2 aromatic carbocycles. The number of amides is 1. The second kappa shape index (κ2) is 6.88. The van der Waals surface area contributed by atoms with E-state index in [1.165, 1.54) is 17.3 Å². The van der Waals surface area contributed by atoms with Gasteiger partial charge in [0.15, 0.2) is 5.17 Å². The number of nitrogens with one attached hydrogen (secondary N) is 1. The maximum Gasteiger partial charge on any atom is 0.264 e. The summed E-state index contributed by atoms with van der Waals surface area (Å²) in [5.41, 5.74) is 4.25. The van der Waals surface area contributed by atoms with Crippen LogP contribution in [0.2, 0.25) is 0 Å². The van der Waals surface area contributed by atoms with Gasteiger partial charge in [-0.05, 0) is 83.1 Å². The molecule has 1 saturated heterocycles. The number of hydrogen-bond acceptors (Lipinski definition) is 3. The van der Waals surface area contributed by atoms with Gasteiger partial charge in [0.2, 0.25) is 0 Å². The van der Waals surface area contributed by atoms with Crippen LogP contribution in [0, 0.1) is 17.4 Å². The van der Waals surface area contributed by atoms with Crippen LogP contribution in [0.5, 0.6) is 0 Å². The Morgan fingerprint density at radius 2 is 1.91 bits per heavy atom. The van der Waals surface area contributed by atoms with Gasteiger partial charge >= 0.3 is 0 Å². The zero-order valence-corrected chi connectivity index (χ0v) is 15.7. The minimum absolute atomic E-state index is 0.0984. The Kier molecular flexibility index (Phi) is 4.87. The quantitative estimate of drug-likeness (QED) is 0.545. The predicted molar refractivity (Wildman–Crippen MR) is 106 cm³/mol. The van der Waals surface area contributed by atoms with Crippen LogP contribution in [0.25, 0.3) is 6.08 Å². The molecule has 0 spiro atoms. The summed E-state index contributed by atoms with van der Waals surface area (Å²) in [5, 5.41) is 3.47. The lowest BCUT2D eigenvalue weighted by Crippen LogP contribution is -2.19. The van der Waals surface area contributed by atoms with Crippen molar-refractivity contribution < 1.29 is 4.79 Å². The first-order valence-corrected chi connectivity index (χ1v) is 9.04. The van der Waals surface area contributed by atoms with E-state index < -0.39 is 0 Å². The maximum absolute atomic E-state index is 12.2. The van der Waals surface area contributed by atoms with E-state index in [0.717, 1.165) is 20.4 Å². The number of rotatable bonds is 2. The highest BCUT2D eigenvalue weighted by atomic mass is 127. The Hall–Kier alpha value is -1.60. The van der Waals surface area contributed by atoms with Crippen LogP contribution in [0.15, 0.2) is 52.4 Å². The summed E-state index contributed by atoms with van der Waals surface area (Å²) in [6.45, 7) is 4.10. The number of carbonyl (C=O) groups is 1. The first-order valence-electron chi connectivity index (χ1n) is 7.15. The summed E-state index contributed by atoms with van der Waals surface area (Å²) in [4.78, 5) is 17.4. The highest BCUT2D eigenvalue weighted by Crippen LogP contribution is 2.30. The summed E-state index contributed by atoms with van der Waals surface area (Å²) < 4.78 is 1.12. The van der Waals surface area contributed by atoms with Gasteiger partial charge in [-0.2, -0.15) is 0 Å². The van der Waals surface area contributed by atoms with Crippen molar-refractivity contribution in [2.24, 2.45) is 4.99 Å². The van der Waals surface area contributed by atoms with E-state index in [-0.39, 0.29) is 5.91 Å². The molecule has 1 N–H and O–H groups in total. The van der Waals surface area contributed by atoms with Gasteiger partial charge in [0.1, 0.15) is 0 Å². The van der Waals surface area contributed by atoms with E-state index in [2.05, 4.69) is 45.9 Å². The van der Waals surface area contributed by atoms with Gasteiger partial charge in [-0.25, -0.2) is 4.99 Å². The lowest BCUT2D eigenvalue weighted by atomic mass is 10.1. The van der Waals surface area contributed by atoms with Gasteiger partial charge in [0.05, 0.1) is 10.6 Å². The third-order valence-corrected chi connectivity index (χ3v) is 5.53. The third kappa shape index (κ3) is 3.67. The molecule has 1 aliphatic rings. The molecule has 5 heteroatoms. The monoisotopic (exact) mass is 434 g/mol. The van der Waals surface area contributed by atoms with E-state index in [0.29, 0.717) is 10.1 Å². The molecule has 23 heavy (non-hydrogen) atoms. The van der Waals surface area contributed by atoms with Crippen LogP contribution in [0.4, 0.5) is 5.69 Å². The van der Waals surface area contributed by atoms with Crippen molar-refractivity contribution >= 4 is 57.2 Å². The Morgan fingerprint density at radius 3 is 2.70 bits per heavy atom. The zero-order chi connectivity index (χ0) is 16.4. The van der Waals surface area contributed by atoms with Gasteiger partial charge in [-0.15, -0.1) is 0 Å². The predicted octanol–water partition coefficient (Wildman–Crippen LogP) is 4.80. The number of hydrogen-bond donors (Lipinski definition) is 1. The van der Waals surface area contributed by atoms with E-state index in [1.54, 1.807) is 0 Å². The molecule has 2 aromatic rings. The van der Waals surface area contributed by atoms with Gasteiger partial charge in [0.25, 0.3) is 5.91 Å². The van der Waals surface area contributed by atoms with Crippen molar-refractivity contribution in [3.05, 3.63) is 67.6 Å². The lowest BCUT2D eigenvalue weighted by molar-refractivity contribution is -0.115. The second-order valence-electron chi connectivity index (χ2n) is 5.22. The van der Waals surface area contributed by atoms with Crippen molar-refractivity contribution in [1.82, 2.24) is 5.32 Å². The molecular formula is C18H15IN2OS. The summed E-state index contributed by atoms with van der Waals surface area (Å²) >= 11 is 3.65. The summed E-state index contributed by atoms with van der Waals surface area (Å²) in [6.07, 6.45) is 1.91. The fourth-order valence-electron chi connectivity index (χ4n) is 2.18. The van der Waals surface area contributed by atoms with E-state index in [1.807, 2.05) is 49.4 Å². The lowest BCUT2D eigenvalue weighted by Gasteiger charge is -2.04. The molecule has 3 rings (SSSR count). The molecule has 116 valence electrons. The van der Waals surface area contributed by atoms with Crippen LogP contribution in [0.1, 0.15) is 16.7 Å². The van der Waals surface area contributed by atoms with Gasteiger partial charge in [0, 0.05) is 3.57 Å². The fourth-order valence-corrected chi connectivity index (χ4v) is 3.55. The first-order chi connectivity index (χ1) is 11.0. The molecule has 0 aliphatic carbocycles. The minimum Gasteiger partial charge on any atom is -0.300 e. The Bertz CT molecular complexity index is 843. The SMILES string of the molecule is Cc1cccc(N=C2NC(=O)/C(=C/c3ccccc3I)S2)c1C. The number of aryl methyl sites for hydroxylation is 1. The molecule has 1 amide bonds. The number of halogens is 1. The number of amidine groups is 1. The second-order valence-corrected chi connectivity index (χ2v) is 7.42.